The highest BCUT2D eigenvalue weighted by atomic mass is 32.1. The third-order valence-electron chi connectivity index (χ3n) is 2.58. The number of aromatic nitrogens is 1. The third kappa shape index (κ3) is 2.13. The highest BCUT2D eigenvalue weighted by Crippen LogP contribution is 2.32. The molecule has 0 atom stereocenters. The van der Waals surface area contributed by atoms with Crippen LogP contribution in [0.25, 0.3) is 10.2 Å². The minimum Gasteiger partial charge on any atom is -0.396 e. The van der Waals surface area contributed by atoms with Gasteiger partial charge in [0.1, 0.15) is 10.4 Å². The fourth-order valence-corrected chi connectivity index (χ4v) is 2.67. The van der Waals surface area contributed by atoms with Crippen molar-refractivity contribution in [1.29, 1.82) is 5.26 Å². The molecule has 0 fully saturated rings. The number of nitrogens with zero attached hydrogens (tertiary/aromatic N) is 3. The van der Waals surface area contributed by atoms with Crippen LogP contribution in [0.15, 0.2) is 18.3 Å². The normalized spacial score (nSPS) is 10.2. The molecule has 0 aliphatic carbocycles. The quantitative estimate of drug-likeness (QED) is 0.913. The lowest BCUT2D eigenvalue weighted by atomic mass is 10.3. The number of hydrogen-bond donors (Lipinski definition) is 1. The van der Waals surface area contributed by atoms with Gasteiger partial charge in [-0.3, -0.25) is 9.78 Å². The molecule has 2 rings (SSSR count). The highest BCUT2D eigenvalue weighted by molar-refractivity contribution is 7.21. The summed E-state index contributed by atoms with van der Waals surface area (Å²) in [6.45, 7) is 0.399. The monoisotopic (exact) mass is 260 g/mol. The number of carbonyl (C=O) groups excluding carboxylic acids is 1. The summed E-state index contributed by atoms with van der Waals surface area (Å²) < 4.78 is 0.895. The van der Waals surface area contributed by atoms with Gasteiger partial charge in [0.05, 0.1) is 22.9 Å². The van der Waals surface area contributed by atoms with Crippen LogP contribution in [0.5, 0.6) is 0 Å². The Morgan fingerprint density at radius 2 is 2.44 bits per heavy atom. The van der Waals surface area contributed by atoms with Crippen molar-refractivity contribution in [2.24, 2.45) is 0 Å². The molecule has 0 spiro atoms. The number of nitrogen functional groups attached to an aromatic ring is 1. The number of rotatable bonds is 3. The summed E-state index contributed by atoms with van der Waals surface area (Å²) in [5.74, 6) is -0.161. The predicted molar refractivity (Wildman–Crippen MR) is 71.2 cm³/mol. The van der Waals surface area contributed by atoms with Crippen molar-refractivity contribution in [3.05, 3.63) is 23.2 Å². The van der Waals surface area contributed by atoms with Gasteiger partial charge in [-0.1, -0.05) is 0 Å². The van der Waals surface area contributed by atoms with Crippen LogP contribution in [0.4, 0.5) is 5.69 Å². The average molecular weight is 260 g/mol. The number of hydrogen-bond acceptors (Lipinski definition) is 5. The maximum absolute atomic E-state index is 12.2. The largest absolute Gasteiger partial charge is 0.396 e. The van der Waals surface area contributed by atoms with Crippen molar-refractivity contribution in [1.82, 2.24) is 9.88 Å². The van der Waals surface area contributed by atoms with Gasteiger partial charge in [0, 0.05) is 19.8 Å². The number of nitriles is 1. The summed E-state index contributed by atoms with van der Waals surface area (Å²) in [6, 6.07) is 5.71. The van der Waals surface area contributed by atoms with Crippen molar-refractivity contribution in [2.75, 3.05) is 19.3 Å². The molecule has 0 aromatic carbocycles. The Kier molecular flexibility index (Phi) is 3.44. The maximum atomic E-state index is 12.2. The first-order chi connectivity index (χ1) is 8.65. The molecule has 0 unspecified atom stereocenters. The molecule has 2 aromatic rings. The van der Waals surface area contributed by atoms with Crippen molar-refractivity contribution in [3.63, 3.8) is 0 Å². The Morgan fingerprint density at radius 3 is 3.11 bits per heavy atom. The standard InChI is InChI=1S/C12H12N4OS/c1-16(7-3-5-13)12(17)11-9(14)10-8(18-11)4-2-6-15-10/h2,4,6H,3,7,14H2,1H3. The van der Waals surface area contributed by atoms with Crippen LogP contribution < -0.4 is 5.73 Å². The minimum absolute atomic E-state index is 0.161. The van der Waals surface area contributed by atoms with Crippen molar-refractivity contribution in [2.45, 2.75) is 6.42 Å². The minimum atomic E-state index is -0.161. The summed E-state index contributed by atoms with van der Waals surface area (Å²) >= 11 is 1.33. The molecule has 2 N–H and O–H groups in total. The summed E-state index contributed by atoms with van der Waals surface area (Å²) in [5, 5.41) is 8.52. The van der Waals surface area contributed by atoms with Crippen LogP contribution in [0.3, 0.4) is 0 Å². The molecule has 0 aliphatic heterocycles. The first-order valence-corrected chi connectivity index (χ1v) is 6.22. The molecule has 0 radical (unpaired) electrons. The van der Waals surface area contributed by atoms with Crippen LogP contribution in [0.2, 0.25) is 0 Å². The van der Waals surface area contributed by atoms with E-state index in [2.05, 4.69) is 4.98 Å². The SMILES string of the molecule is CN(CCC#N)C(=O)c1sc2cccnc2c1N. The molecule has 2 aromatic heterocycles. The van der Waals surface area contributed by atoms with Gasteiger partial charge in [0.2, 0.25) is 0 Å². The Labute approximate surface area is 108 Å². The lowest BCUT2D eigenvalue weighted by molar-refractivity contribution is 0.0803. The summed E-state index contributed by atoms with van der Waals surface area (Å²) in [6.07, 6.45) is 1.96. The van der Waals surface area contributed by atoms with E-state index in [0.717, 1.165) is 4.70 Å². The van der Waals surface area contributed by atoms with E-state index in [0.29, 0.717) is 29.0 Å². The Bertz CT molecular complexity index is 629. The van der Waals surface area contributed by atoms with E-state index in [1.54, 1.807) is 13.2 Å². The van der Waals surface area contributed by atoms with E-state index in [4.69, 9.17) is 11.0 Å². The Balaban J connectivity index is 2.34. The lowest BCUT2D eigenvalue weighted by Crippen LogP contribution is -2.27. The van der Waals surface area contributed by atoms with Crippen LogP contribution >= 0.6 is 11.3 Å². The summed E-state index contributed by atoms with van der Waals surface area (Å²) in [5.41, 5.74) is 7.03. The van der Waals surface area contributed by atoms with Gasteiger partial charge >= 0.3 is 0 Å². The number of anilines is 1. The van der Waals surface area contributed by atoms with Crippen molar-refractivity contribution < 1.29 is 4.79 Å². The predicted octanol–water partition coefficient (Wildman–Crippen LogP) is 1.86. The number of fused-ring (bicyclic) bond motifs is 1. The fourth-order valence-electron chi connectivity index (χ4n) is 1.60. The zero-order chi connectivity index (χ0) is 13.1. The zero-order valence-corrected chi connectivity index (χ0v) is 10.7. The van der Waals surface area contributed by atoms with E-state index in [1.165, 1.54) is 16.2 Å². The third-order valence-corrected chi connectivity index (χ3v) is 3.73. The first kappa shape index (κ1) is 12.3. The number of amides is 1. The second-order valence-corrected chi connectivity index (χ2v) is 4.88. The molecule has 6 heteroatoms. The van der Waals surface area contributed by atoms with Crippen molar-refractivity contribution >= 4 is 33.1 Å². The van der Waals surface area contributed by atoms with E-state index in [9.17, 15) is 4.79 Å². The van der Waals surface area contributed by atoms with Gasteiger partial charge in [-0.05, 0) is 12.1 Å². The number of thiophene rings is 1. The molecule has 18 heavy (non-hydrogen) atoms. The molecular weight excluding hydrogens is 248 g/mol. The number of nitrogens with two attached hydrogens (primary N) is 1. The molecule has 0 saturated heterocycles. The number of carbonyl (C=O) groups is 1. The van der Waals surface area contributed by atoms with E-state index >= 15 is 0 Å². The van der Waals surface area contributed by atoms with Crippen molar-refractivity contribution in [3.8, 4) is 6.07 Å². The molecule has 92 valence electrons. The Hall–Kier alpha value is -2.13. The topological polar surface area (TPSA) is 83.0 Å². The fraction of sp³-hybridized carbons (Fsp3) is 0.250. The van der Waals surface area contributed by atoms with Gasteiger partial charge in [-0.15, -0.1) is 11.3 Å². The molecule has 2 heterocycles. The second-order valence-electron chi connectivity index (χ2n) is 3.83. The molecule has 5 nitrogen and oxygen atoms in total. The van der Waals surface area contributed by atoms with Gasteiger partial charge < -0.3 is 10.6 Å². The zero-order valence-electron chi connectivity index (χ0n) is 9.88. The van der Waals surface area contributed by atoms with Crippen LogP contribution in [-0.2, 0) is 0 Å². The smallest absolute Gasteiger partial charge is 0.265 e. The molecule has 0 bridgehead atoms. The lowest BCUT2D eigenvalue weighted by Gasteiger charge is -2.14. The van der Waals surface area contributed by atoms with Crippen LogP contribution in [-0.4, -0.2) is 29.4 Å². The van der Waals surface area contributed by atoms with Gasteiger partial charge in [-0.2, -0.15) is 5.26 Å². The molecule has 0 aliphatic rings. The molecule has 0 saturated carbocycles. The van der Waals surface area contributed by atoms with E-state index < -0.39 is 0 Å². The average Bonchev–Trinajstić information content (AvgIpc) is 2.73. The maximum Gasteiger partial charge on any atom is 0.265 e. The molecule has 1 amide bonds. The Morgan fingerprint density at radius 1 is 1.67 bits per heavy atom. The summed E-state index contributed by atoms with van der Waals surface area (Å²) in [7, 11) is 1.66. The summed E-state index contributed by atoms with van der Waals surface area (Å²) in [4.78, 5) is 18.3. The number of pyridine rings is 1. The second kappa shape index (κ2) is 5.02. The van der Waals surface area contributed by atoms with Gasteiger partial charge in [0.25, 0.3) is 5.91 Å². The van der Waals surface area contributed by atoms with Crippen LogP contribution in [0.1, 0.15) is 16.1 Å². The van der Waals surface area contributed by atoms with E-state index in [-0.39, 0.29) is 5.91 Å². The molecular formula is C12H12N4OS. The highest BCUT2D eigenvalue weighted by Gasteiger charge is 2.19. The van der Waals surface area contributed by atoms with E-state index in [1.807, 2.05) is 18.2 Å². The van der Waals surface area contributed by atoms with Gasteiger partial charge in [-0.25, -0.2) is 0 Å². The first-order valence-electron chi connectivity index (χ1n) is 5.40. The van der Waals surface area contributed by atoms with Crippen LogP contribution in [0, 0.1) is 11.3 Å². The van der Waals surface area contributed by atoms with Gasteiger partial charge in [0.15, 0.2) is 0 Å².